The molecule has 1 aromatic carbocycles. The maximum atomic E-state index is 13.9. The topological polar surface area (TPSA) is 64.2 Å². The van der Waals surface area contributed by atoms with Crippen LogP contribution >= 0.6 is 0 Å². The van der Waals surface area contributed by atoms with Crippen LogP contribution in [-0.4, -0.2) is 14.2 Å². The smallest absolute Gasteiger partial charge is 0.431 e. The quantitative estimate of drug-likeness (QED) is 0.806. The molecular formula is C15H16F4N2O3. The van der Waals surface area contributed by atoms with Crippen LogP contribution in [0.25, 0.3) is 5.69 Å². The summed E-state index contributed by atoms with van der Waals surface area (Å²) in [4.78, 5) is 23.8. The fourth-order valence-electron chi connectivity index (χ4n) is 1.94. The first-order valence-corrected chi connectivity index (χ1v) is 6.94. The van der Waals surface area contributed by atoms with Gasteiger partial charge in [-0.2, -0.15) is 13.2 Å². The van der Waals surface area contributed by atoms with Gasteiger partial charge in [-0.15, -0.1) is 0 Å². The summed E-state index contributed by atoms with van der Waals surface area (Å²) in [7, 11) is 0.813. The Kier molecular flexibility index (Phi) is 5.59. The number of hydrogen-bond donors (Lipinski definition) is 1. The van der Waals surface area contributed by atoms with Gasteiger partial charge in [-0.1, -0.05) is 13.8 Å². The van der Waals surface area contributed by atoms with Gasteiger partial charge in [0.2, 0.25) is 0 Å². The SMILES string of the molecule is CC.Cc1cc(F)c(-n2c(=O)cc(C(F)(F)F)n(C)c2=O)cc1O. The molecule has 0 fully saturated rings. The van der Waals surface area contributed by atoms with Crippen molar-refractivity contribution in [1.82, 2.24) is 9.13 Å². The lowest BCUT2D eigenvalue weighted by molar-refractivity contribution is -0.144. The van der Waals surface area contributed by atoms with Gasteiger partial charge in [0.1, 0.15) is 17.3 Å². The highest BCUT2D eigenvalue weighted by Crippen LogP contribution is 2.27. The first kappa shape index (κ1) is 19.5. The van der Waals surface area contributed by atoms with Crippen LogP contribution in [0.15, 0.2) is 27.8 Å². The predicted molar refractivity (Wildman–Crippen MR) is 80.0 cm³/mol. The van der Waals surface area contributed by atoms with Crippen LogP contribution < -0.4 is 11.2 Å². The Labute approximate surface area is 134 Å². The van der Waals surface area contributed by atoms with Crippen molar-refractivity contribution in [2.24, 2.45) is 7.05 Å². The fourth-order valence-corrected chi connectivity index (χ4v) is 1.94. The van der Waals surface area contributed by atoms with E-state index < -0.39 is 40.4 Å². The number of aromatic hydroxyl groups is 1. The number of nitrogens with zero attached hydrogens (tertiary/aromatic N) is 2. The van der Waals surface area contributed by atoms with Gasteiger partial charge in [0, 0.05) is 19.2 Å². The van der Waals surface area contributed by atoms with Gasteiger partial charge in [-0.3, -0.25) is 9.36 Å². The number of halogens is 4. The van der Waals surface area contributed by atoms with Gasteiger partial charge >= 0.3 is 11.9 Å². The molecule has 5 nitrogen and oxygen atoms in total. The molecule has 2 rings (SSSR count). The first-order chi connectivity index (χ1) is 11.0. The lowest BCUT2D eigenvalue weighted by Crippen LogP contribution is -2.41. The molecule has 1 aromatic heterocycles. The number of aryl methyl sites for hydroxylation is 1. The summed E-state index contributed by atoms with van der Waals surface area (Å²) in [5.41, 5.74) is -4.64. The van der Waals surface area contributed by atoms with Crippen molar-refractivity contribution in [3.8, 4) is 11.4 Å². The molecule has 24 heavy (non-hydrogen) atoms. The molecule has 1 N–H and O–H groups in total. The van der Waals surface area contributed by atoms with Crippen LogP contribution in [-0.2, 0) is 13.2 Å². The van der Waals surface area contributed by atoms with E-state index in [1.807, 2.05) is 13.8 Å². The minimum Gasteiger partial charge on any atom is -0.508 e. The summed E-state index contributed by atoms with van der Waals surface area (Å²) in [6, 6.07) is 1.87. The highest BCUT2D eigenvalue weighted by Gasteiger charge is 2.35. The molecule has 0 aliphatic heterocycles. The molecule has 0 bridgehead atoms. The lowest BCUT2D eigenvalue weighted by atomic mass is 10.2. The molecule has 0 saturated heterocycles. The summed E-state index contributed by atoms with van der Waals surface area (Å²) < 4.78 is 52.5. The minimum atomic E-state index is -4.90. The maximum Gasteiger partial charge on any atom is 0.431 e. The number of hydrogen-bond acceptors (Lipinski definition) is 3. The number of rotatable bonds is 1. The van der Waals surface area contributed by atoms with Crippen LogP contribution in [0.4, 0.5) is 17.6 Å². The van der Waals surface area contributed by atoms with Crippen molar-refractivity contribution in [2.45, 2.75) is 26.9 Å². The molecule has 0 radical (unpaired) electrons. The van der Waals surface area contributed by atoms with Gasteiger partial charge in [-0.05, 0) is 18.6 Å². The van der Waals surface area contributed by atoms with Crippen molar-refractivity contribution in [2.75, 3.05) is 0 Å². The molecule has 132 valence electrons. The summed E-state index contributed by atoms with van der Waals surface area (Å²) in [6.07, 6.45) is -4.90. The summed E-state index contributed by atoms with van der Waals surface area (Å²) in [5, 5.41) is 9.55. The summed E-state index contributed by atoms with van der Waals surface area (Å²) in [6.45, 7) is 5.38. The van der Waals surface area contributed by atoms with Crippen LogP contribution in [0.1, 0.15) is 25.1 Å². The Hall–Kier alpha value is -2.58. The molecule has 0 atom stereocenters. The molecule has 0 aliphatic rings. The largest absolute Gasteiger partial charge is 0.508 e. The molecule has 0 aliphatic carbocycles. The number of phenolic OH excluding ortho intramolecular Hbond substituents is 1. The minimum absolute atomic E-state index is 0.151. The van der Waals surface area contributed by atoms with E-state index in [4.69, 9.17) is 0 Å². The summed E-state index contributed by atoms with van der Waals surface area (Å²) >= 11 is 0. The molecular weight excluding hydrogens is 332 g/mol. The molecule has 0 spiro atoms. The Morgan fingerprint density at radius 3 is 2.12 bits per heavy atom. The van der Waals surface area contributed by atoms with Gasteiger partial charge in [0.25, 0.3) is 5.56 Å². The fraction of sp³-hybridized carbons (Fsp3) is 0.333. The molecule has 0 saturated carbocycles. The molecule has 0 amide bonds. The van der Waals surface area contributed by atoms with Crippen molar-refractivity contribution in [1.29, 1.82) is 0 Å². The van der Waals surface area contributed by atoms with Gasteiger partial charge in [-0.25, -0.2) is 13.8 Å². The zero-order valence-electron chi connectivity index (χ0n) is 13.4. The third kappa shape index (κ3) is 3.50. The van der Waals surface area contributed by atoms with Crippen LogP contribution in [0, 0.1) is 12.7 Å². The number of phenols is 1. The second-order valence-electron chi connectivity index (χ2n) is 4.63. The van der Waals surface area contributed by atoms with Crippen molar-refractivity contribution in [3.05, 3.63) is 56.1 Å². The monoisotopic (exact) mass is 348 g/mol. The zero-order chi connectivity index (χ0) is 18.8. The molecule has 9 heteroatoms. The summed E-state index contributed by atoms with van der Waals surface area (Å²) in [5.74, 6) is -1.42. The van der Waals surface area contributed by atoms with Crippen molar-refractivity contribution >= 4 is 0 Å². The standard InChI is InChI=1S/C13H10F4N2O3.C2H6/c1-6-3-7(14)8(4-9(6)20)19-11(21)5-10(13(15,16)17)18(2)12(19)22;1-2/h3-5,20H,1-2H3;1-2H3. The Morgan fingerprint density at radius 1 is 1.08 bits per heavy atom. The number of aromatic nitrogens is 2. The average Bonchev–Trinajstić information content (AvgIpc) is 2.49. The van der Waals surface area contributed by atoms with Crippen LogP contribution in [0.5, 0.6) is 5.75 Å². The first-order valence-electron chi connectivity index (χ1n) is 6.94. The van der Waals surface area contributed by atoms with Crippen molar-refractivity contribution < 1.29 is 22.7 Å². The van der Waals surface area contributed by atoms with Crippen molar-refractivity contribution in [3.63, 3.8) is 0 Å². The van der Waals surface area contributed by atoms with E-state index in [0.29, 0.717) is 0 Å². The molecule has 0 unspecified atom stereocenters. The lowest BCUT2D eigenvalue weighted by Gasteiger charge is -2.14. The van der Waals surface area contributed by atoms with E-state index in [0.717, 1.165) is 19.2 Å². The van der Waals surface area contributed by atoms with Gasteiger partial charge in [0.05, 0.1) is 5.69 Å². The van der Waals surface area contributed by atoms with E-state index in [1.165, 1.54) is 6.92 Å². The van der Waals surface area contributed by atoms with Gasteiger partial charge < -0.3 is 5.11 Å². The highest BCUT2D eigenvalue weighted by atomic mass is 19.4. The Balaban J connectivity index is 0.00000139. The third-order valence-electron chi connectivity index (χ3n) is 3.12. The third-order valence-corrected chi connectivity index (χ3v) is 3.12. The normalized spacial score (nSPS) is 11.0. The number of alkyl halides is 3. The molecule has 2 aromatic rings. The number of benzene rings is 1. The van der Waals surface area contributed by atoms with Gasteiger partial charge in [0.15, 0.2) is 0 Å². The Bertz CT molecular complexity index is 867. The highest BCUT2D eigenvalue weighted by molar-refractivity contribution is 5.44. The van der Waals surface area contributed by atoms with E-state index in [1.54, 1.807) is 0 Å². The van der Waals surface area contributed by atoms with E-state index in [-0.39, 0.29) is 20.8 Å². The Morgan fingerprint density at radius 2 is 1.62 bits per heavy atom. The average molecular weight is 348 g/mol. The second-order valence-corrected chi connectivity index (χ2v) is 4.63. The predicted octanol–water partition coefficient (Wildman–Crippen LogP) is 2.73. The van der Waals surface area contributed by atoms with E-state index >= 15 is 0 Å². The van der Waals surface area contributed by atoms with E-state index in [2.05, 4.69) is 0 Å². The van der Waals surface area contributed by atoms with Crippen LogP contribution in [0.2, 0.25) is 0 Å². The van der Waals surface area contributed by atoms with Crippen LogP contribution in [0.3, 0.4) is 0 Å². The maximum absolute atomic E-state index is 13.9. The van der Waals surface area contributed by atoms with E-state index in [9.17, 15) is 32.3 Å². The molecule has 1 heterocycles. The second kappa shape index (κ2) is 6.90. The zero-order valence-corrected chi connectivity index (χ0v) is 13.4.